The Morgan fingerprint density at radius 3 is 2.08 bits per heavy atom. The third-order valence-electron chi connectivity index (χ3n) is 4.77. The lowest BCUT2D eigenvalue weighted by Crippen LogP contribution is -2.17. The molecule has 0 amide bonds. The topological polar surface area (TPSA) is 52.6 Å². The number of hydrogen-bond donors (Lipinski definition) is 0. The van der Waals surface area contributed by atoms with Crippen LogP contribution in [-0.2, 0) is 4.57 Å². The summed E-state index contributed by atoms with van der Waals surface area (Å²) < 4.78 is 24.7. The van der Waals surface area contributed by atoms with Gasteiger partial charge in [-0.3, -0.25) is 4.79 Å². The second-order valence-corrected chi connectivity index (χ2v) is 10.3. The fraction of sp³-hybridized carbons (Fsp3) is 0.667. The molecule has 1 aromatic carbocycles. The minimum absolute atomic E-state index is 0.189. The van der Waals surface area contributed by atoms with Gasteiger partial charge in [0, 0.05) is 12.3 Å². The summed E-state index contributed by atoms with van der Waals surface area (Å²) in [6.45, 7) is 8.32. The van der Waals surface area contributed by atoms with Gasteiger partial charge in [0.2, 0.25) is 5.52 Å². The van der Waals surface area contributed by atoms with Gasteiger partial charge in [0.05, 0.1) is 14.2 Å². The maximum absolute atomic E-state index is 13.9. The van der Waals surface area contributed by atoms with Gasteiger partial charge in [0.1, 0.15) is 17.1 Å². The van der Waals surface area contributed by atoms with E-state index in [1.807, 2.05) is 13.8 Å². The van der Waals surface area contributed by atoms with E-state index in [0.29, 0.717) is 35.3 Å². The van der Waals surface area contributed by atoms with E-state index < -0.39 is 7.14 Å². The van der Waals surface area contributed by atoms with Crippen LogP contribution in [0, 0.1) is 11.8 Å². The van der Waals surface area contributed by atoms with Crippen LogP contribution >= 0.6 is 7.14 Å². The summed E-state index contributed by atoms with van der Waals surface area (Å²) in [4.78, 5) is 13.5. The molecule has 0 fully saturated rings. The first-order valence-corrected chi connectivity index (χ1v) is 11.7. The average molecular weight is 382 g/mol. The van der Waals surface area contributed by atoms with Crippen molar-refractivity contribution in [3.05, 3.63) is 23.8 Å². The highest BCUT2D eigenvalue weighted by Gasteiger charge is 2.38. The van der Waals surface area contributed by atoms with Crippen LogP contribution in [0.3, 0.4) is 0 Å². The number of unbranched alkanes of at least 4 members (excludes halogenated alkanes) is 1. The van der Waals surface area contributed by atoms with Gasteiger partial charge in [0.15, 0.2) is 7.14 Å². The van der Waals surface area contributed by atoms with Gasteiger partial charge < -0.3 is 14.0 Å². The van der Waals surface area contributed by atoms with Crippen LogP contribution in [0.4, 0.5) is 0 Å². The van der Waals surface area contributed by atoms with E-state index in [9.17, 15) is 9.36 Å². The predicted octanol–water partition coefficient (Wildman–Crippen LogP) is 6.08. The quantitative estimate of drug-likeness (QED) is 0.411. The highest BCUT2D eigenvalue weighted by Crippen LogP contribution is 2.55. The number of carbonyl (C=O) groups is 1. The van der Waals surface area contributed by atoms with Crippen molar-refractivity contribution in [3.8, 4) is 11.5 Å². The van der Waals surface area contributed by atoms with Gasteiger partial charge in [-0.2, -0.15) is 0 Å². The van der Waals surface area contributed by atoms with Crippen LogP contribution in [-0.4, -0.2) is 32.1 Å². The predicted molar refractivity (Wildman–Crippen MR) is 109 cm³/mol. The average Bonchev–Trinajstić information content (AvgIpc) is 2.62. The molecule has 1 rings (SSSR count). The monoisotopic (exact) mass is 382 g/mol. The highest BCUT2D eigenvalue weighted by atomic mass is 31.2. The number of carbonyl (C=O) groups excluding carboxylic acids is 1. The molecule has 0 aromatic heterocycles. The molecule has 2 atom stereocenters. The molecule has 0 aliphatic heterocycles. The molecule has 0 bridgehead atoms. The molecule has 0 saturated heterocycles. The van der Waals surface area contributed by atoms with Crippen molar-refractivity contribution in [1.82, 2.24) is 0 Å². The maximum Gasteiger partial charge on any atom is 0.228 e. The lowest BCUT2D eigenvalue weighted by Gasteiger charge is -2.25. The smallest absolute Gasteiger partial charge is 0.228 e. The third kappa shape index (κ3) is 5.87. The van der Waals surface area contributed by atoms with E-state index in [1.165, 1.54) is 14.2 Å². The Morgan fingerprint density at radius 1 is 1.08 bits per heavy atom. The SMILES string of the molecule is CCCCC(CC)CP(=O)(CC(C)C)C(=O)c1c(OC)cccc1OC. The fourth-order valence-electron chi connectivity index (χ4n) is 3.43. The van der Waals surface area contributed by atoms with E-state index in [0.717, 1.165) is 25.7 Å². The third-order valence-corrected chi connectivity index (χ3v) is 8.16. The van der Waals surface area contributed by atoms with E-state index in [-0.39, 0.29) is 11.4 Å². The number of benzene rings is 1. The standard InChI is InChI=1S/C21H35O4P/c1-7-9-11-17(8-2)15-26(23,14-16(3)4)21(22)20-18(24-5)12-10-13-19(20)25-6/h10,12-13,16-17H,7-9,11,14-15H2,1-6H3. The number of hydrogen-bond acceptors (Lipinski definition) is 4. The molecule has 0 aliphatic rings. The van der Waals surface area contributed by atoms with Gasteiger partial charge in [-0.05, 0) is 24.0 Å². The molecular weight excluding hydrogens is 347 g/mol. The molecule has 0 aliphatic carbocycles. The molecular formula is C21H35O4P. The van der Waals surface area contributed by atoms with Crippen LogP contribution in [0.15, 0.2) is 18.2 Å². The zero-order valence-corrected chi connectivity index (χ0v) is 18.1. The summed E-state index contributed by atoms with van der Waals surface area (Å²) in [6, 6.07) is 5.23. The van der Waals surface area contributed by atoms with Gasteiger partial charge in [-0.15, -0.1) is 0 Å². The first kappa shape index (κ1) is 22.8. The number of methoxy groups -OCH3 is 2. The highest BCUT2D eigenvalue weighted by molar-refractivity contribution is 7.81. The Hall–Kier alpha value is -1.28. The van der Waals surface area contributed by atoms with E-state index >= 15 is 0 Å². The molecule has 148 valence electrons. The van der Waals surface area contributed by atoms with Crippen molar-refractivity contribution >= 4 is 12.7 Å². The molecule has 5 heteroatoms. The molecule has 2 unspecified atom stereocenters. The minimum Gasteiger partial charge on any atom is -0.496 e. The van der Waals surface area contributed by atoms with Crippen molar-refractivity contribution in [2.45, 2.75) is 53.4 Å². The largest absolute Gasteiger partial charge is 0.496 e. The van der Waals surface area contributed by atoms with Crippen molar-refractivity contribution < 1.29 is 18.8 Å². The Balaban J connectivity index is 3.32. The molecule has 0 heterocycles. The van der Waals surface area contributed by atoms with Gasteiger partial charge in [-0.1, -0.05) is 59.4 Å². The lowest BCUT2D eigenvalue weighted by molar-refractivity contribution is 0.106. The van der Waals surface area contributed by atoms with E-state index in [2.05, 4.69) is 13.8 Å². The molecule has 0 N–H and O–H groups in total. The van der Waals surface area contributed by atoms with Crippen molar-refractivity contribution in [1.29, 1.82) is 0 Å². The van der Waals surface area contributed by atoms with Crippen molar-refractivity contribution in [2.24, 2.45) is 11.8 Å². The Kier molecular flexibility index (Phi) is 9.43. The van der Waals surface area contributed by atoms with Crippen LogP contribution in [0.1, 0.15) is 63.7 Å². The summed E-state index contributed by atoms with van der Waals surface area (Å²) in [7, 11) is -0.0347. The lowest BCUT2D eigenvalue weighted by atomic mass is 10.0. The second kappa shape index (κ2) is 10.8. The van der Waals surface area contributed by atoms with Crippen molar-refractivity contribution in [2.75, 3.05) is 26.5 Å². The Bertz CT molecular complexity index is 602. The van der Waals surface area contributed by atoms with Crippen LogP contribution in [0.25, 0.3) is 0 Å². The van der Waals surface area contributed by atoms with Crippen LogP contribution < -0.4 is 9.47 Å². The first-order valence-electron chi connectivity index (χ1n) is 9.66. The summed E-state index contributed by atoms with van der Waals surface area (Å²) in [6.07, 6.45) is 5.08. The number of ether oxygens (including phenoxy) is 2. The zero-order valence-electron chi connectivity index (χ0n) is 17.2. The van der Waals surface area contributed by atoms with Crippen LogP contribution in [0.2, 0.25) is 0 Å². The summed E-state index contributed by atoms with van der Waals surface area (Å²) in [5.41, 5.74) is 0.0299. The molecule has 0 saturated carbocycles. The van der Waals surface area contributed by atoms with Gasteiger partial charge in [-0.25, -0.2) is 0 Å². The minimum atomic E-state index is -3.08. The fourth-order valence-corrected chi connectivity index (χ4v) is 6.99. The normalized spacial score (nSPS) is 14.7. The molecule has 1 aromatic rings. The molecule has 0 radical (unpaired) electrons. The van der Waals surface area contributed by atoms with Gasteiger partial charge in [0.25, 0.3) is 0 Å². The van der Waals surface area contributed by atoms with Crippen LogP contribution in [0.5, 0.6) is 11.5 Å². The number of rotatable bonds is 12. The van der Waals surface area contributed by atoms with E-state index in [4.69, 9.17) is 9.47 Å². The van der Waals surface area contributed by atoms with Crippen molar-refractivity contribution in [3.63, 3.8) is 0 Å². The zero-order chi connectivity index (χ0) is 19.7. The summed E-state index contributed by atoms with van der Waals surface area (Å²) in [5.74, 6) is 1.36. The summed E-state index contributed by atoms with van der Waals surface area (Å²) in [5, 5.41) is 0. The van der Waals surface area contributed by atoms with Gasteiger partial charge >= 0.3 is 0 Å². The Morgan fingerprint density at radius 2 is 1.65 bits per heavy atom. The first-order chi connectivity index (χ1) is 12.3. The maximum atomic E-state index is 13.9. The second-order valence-electron chi connectivity index (χ2n) is 7.41. The molecule has 4 nitrogen and oxygen atoms in total. The van der Waals surface area contributed by atoms with E-state index in [1.54, 1.807) is 18.2 Å². The Labute approximate surface area is 159 Å². The summed E-state index contributed by atoms with van der Waals surface area (Å²) >= 11 is 0. The molecule has 0 spiro atoms. The molecule has 26 heavy (non-hydrogen) atoms.